The number of amides is 1. The normalized spacial score (nSPS) is 27.5. The van der Waals surface area contributed by atoms with Gasteiger partial charge in [0.25, 0.3) is 0 Å². The summed E-state index contributed by atoms with van der Waals surface area (Å²) in [5.41, 5.74) is 6.69. The number of ether oxygens (including phenoxy) is 1. The number of carbonyl (C=O) groups excluding carboxylic acids is 1. The molecule has 4 atom stereocenters. The Morgan fingerprint density at radius 1 is 1.25 bits per heavy atom. The van der Waals surface area contributed by atoms with E-state index in [1.54, 1.807) is 12.1 Å². The van der Waals surface area contributed by atoms with Gasteiger partial charge in [-0.1, -0.05) is 18.6 Å². The van der Waals surface area contributed by atoms with Crippen LogP contribution < -0.4 is 11.1 Å². The predicted octanol–water partition coefficient (Wildman–Crippen LogP) is 2.96. The molecule has 6 heteroatoms. The van der Waals surface area contributed by atoms with Crippen LogP contribution in [0.3, 0.4) is 0 Å². The second-order valence-corrected chi connectivity index (χ2v) is 6.62. The molecule has 2 fully saturated rings. The van der Waals surface area contributed by atoms with E-state index >= 15 is 0 Å². The van der Waals surface area contributed by atoms with Crippen molar-refractivity contribution in [1.29, 1.82) is 0 Å². The van der Waals surface area contributed by atoms with E-state index in [4.69, 9.17) is 10.5 Å². The molecular weight excluding hydrogens is 331 g/mol. The maximum Gasteiger partial charge on any atom is 0.224 e. The minimum atomic E-state index is -0.273. The van der Waals surface area contributed by atoms with Gasteiger partial charge < -0.3 is 15.8 Å². The minimum Gasteiger partial charge on any atom is -0.376 e. The van der Waals surface area contributed by atoms with Crippen molar-refractivity contribution in [2.45, 2.75) is 44.2 Å². The fourth-order valence-electron chi connectivity index (χ4n) is 3.85. The Balaban J connectivity index is 0.00000208. The fourth-order valence-corrected chi connectivity index (χ4v) is 3.85. The van der Waals surface area contributed by atoms with Gasteiger partial charge in [0.15, 0.2) is 0 Å². The van der Waals surface area contributed by atoms with Crippen LogP contribution in [0, 0.1) is 17.7 Å². The Kier molecular flexibility index (Phi) is 7.02. The number of rotatable bonds is 5. The van der Waals surface area contributed by atoms with E-state index in [2.05, 4.69) is 5.32 Å². The Labute approximate surface area is 148 Å². The lowest BCUT2D eigenvalue weighted by Gasteiger charge is -2.27. The highest BCUT2D eigenvalue weighted by molar-refractivity contribution is 5.85. The van der Waals surface area contributed by atoms with Gasteiger partial charge in [-0.2, -0.15) is 0 Å². The maximum atomic E-state index is 13.2. The number of benzene rings is 1. The molecule has 2 unspecified atom stereocenters. The first-order chi connectivity index (χ1) is 11.2. The Morgan fingerprint density at radius 2 is 2.00 bits per heavy atom. The molecule has 1 aromatic carbocycles. The van der Waals surface area contributed by atoms with Crippen LogP contribution >= 0.6 is 12.4 Å². The van der Waals surface area contributed by atoms with Gasteiger partial charge >= 0.3 is 0 Å². The lowest BCUT2D eigenvalue weighted by molar-refractivity contribution is -0.127. The Hall–Kier alpha value is -1.17. The van der Waals surface area contributed by atoms with Crippen LogP contribution in [0.1, 0.15) is 43.7 Å². The topological polar surface area (TPSA) is 64.4 Å². The molecule has 1 amide bonds. The summed E-state index contributed by atoms with van der Waals surface area (Å²) >= 11 is 0. The second-order valence-electron chi connectivity index (χ2n) is 6.62. The first-order valence-corrected chi connectivity index (χ1v) is 8.56. The van der Waals surface area contributed by atoms with Crippen molar-refractivity contribution in [3.05, 3.63) is 35.6 Å². The van der Waals surface area contributed by atoms with Crippen LogP contribution in [0.25, 0.3) is 0 Å². The van der Waals surface area contributed by atoms with Gasteiger partial charge in [0.2, 0.25) is 5.91 Å². The first-order valence-electron chi connectivity index (χ1n) is 8.56. The first kappa shape index (κ1) is 19.2. The van der Waals surface area contributed by atoms with Crippen molar-refractivity contribution in [3.8, 4) is 0 Å². The van der Waals surface area contributed by atoms with E-state index in [1.807, 2.05) is 0 Å². The second kappa shape index (κ2) is 8.79. The third-order valence-corrected chi connectivity index (χ3v) is 5.16. The maximum absolute atomic E-state index is 13.2. The summed E-state index contributed by atoms with van der Waals surface area (Å²) in [5.74, 6) is 0.0469. The van der Waals surface area contributed by atoms with E-state index in [0.29, 0.717) is 13.2 Å². The Morgan fingerprint density at radius 3 is 2.62 bits per heavy atom. The van der Waals surface area contributed by atoms with E-state index in [0.717, 1.165) is 37.7 Å². The van der Waals surface area contributed by atoms with Gasteiger partial charge in [0.05, 0.1) is 12.1 Å². The van der Waals surface area contributed by atoms with Crippen molar-refractivity contribution in [2.24, 2.45) is 17.6 Å². The molecule has 0 bridgehead atoms. The molecule has 3 N–H and O–H groups in total. The molecule has 0 radical (unpaired) electrons. The molecule has 1 aliphatic heterocycles. The quantitative estimate of drug-likeness (QED) is 0.852. The van der Waals surface area contributed by atoms with Crippen LogP contribution in [-0.4, -0.2) is 25.2 Å². The van der Waals surface area contributed by atoms with Crippen LogP contribution in [0.2, 0.25) is 0 Å². The third kappa shape index (κ3) is 4.26. The molecule has 1 heterocycles. The molecule has 1 aromatic rings. The van der Waals surface area contributed by atoms with E-state index in [-0.39, 0.29) is 48.1 Å². The van der Waals surface area contributed by atoms with E-state index < -0.39 is 0 Å². The summed E-state index contributed by atoms with van der Waals surface area (Å²) in [6.07, 6.45) is 4.84. The molecular formula is C18H26ClFN2O2. The van der Waals surface area contributed by atoms with Crippen molar-refractivity contribution in [2.75, 3.05) is 13.2 Å². The molecule has 1 saturated carbocycles. The summed E-state index contributed by atoms with van der Waals surface area (Å²) in [5, 5.41) is 3.16. The summed E-state index contributed by atoms with van der Waals surface area (Å²) in [4.78, 5) is 12.7. The third-order valence-electron chi connectivity index (χ3n) is 5.16. The molecule has 134 valence electrons. The van der Waals surface area contributed by atoms with Crippen molar-refractivity contribution >= 4 is 18.3 Å². The van der Waals surface area contributed by atoms with Crippen molar-refractivity contribution in [1.82, 2.24) is 5.32 Å². The number of nitrogens with one attached hydrogen (secondary N) is 1. The predicted molar refractivity (Wildman–Crippen MR) is 93.4 cm³/mol. The summed E-state index contributed by atoms with van der Waals surface area (Å²) < 4.78 is 19.0. The molecule has 3 rings (SSSR count). The van der Waals surface area contributed by atoms with Gasteiger partial charge in [-0.25, -0.2) is 4.39 Å². The molecule has 4 nitrogen and oxygen atoms in total. The summed E-state index contributed by atoms with van der Waals surface area (Å²) in [7, 11) is 0. The zero-order valence-electron chi connectivity index (χ0n) is 13.7. The number of hydrogen-bond acceptors (Lipinski definition) is 3. The van der Waals surface area contributed by atoms with E-state index in [9.17, 15) is 9.18 Å². The molecule has 24 heavy (non-hydrogen) atoms. The smallest absolute Gasteiger partial charge is 0.224 e. The lowest BCUT2D eigenvalue weighted by atomic mass is 9.93. The van der Waals surface area contributed by atoms with Gasteiger partial charge in [0.1, 0.15) is 5.82 Å². The number of hydrogen-bond donors (Lipinski definition) is 2. The fraction of sp³-hybridized carbons (Fsp3) is 0.611. The average molecular weight is 357 g/mol. The van der Waals surface area contributed by atoms with Gasteiger partial charge in [-0.15, -0.1) is 12.4 Å². The number of carbonyl (C=O) groups is 1. The largest absolute Gasteiger partial charge is 0.376 e. The zero-order valence-corrected chi connectivity index (χ0v) is 14.6. The highest BCUT2D eigenvalue weighted by atomic mass is 35.5. The number of halogens is 2. The van der Waals surface area contributed by atoms with E-state index in [1.165, 1.54) is 12.1 Å². The van der Waals surface area contributed by atoms with Gasteiger partial charge in [0, 0.05) is 12.5 Å². The lowest BCUT2D eigenvalue weighted by Crippen LogP contribution is -2.41. The highest BCUT2D eigenvalue weighted by Gasteiger charge is 2.35. The van der Waals surface area contributed by atoms with Crippen LogP contribution in [0.5, 0.6) is 0 Å². The van der Waals surface area contributed by atoms with Crippen LogP contribution in [0.15, 0.2) is 24.3 Å². The monoisotopic (exact) mass is 356 g/mol. The SMILES string of the molecule is Cl.NC[C@H]1CCC[C@H]1C(=O)NC(c1ccc(F)cc1)C1CCCO1. The molecule has 1 saturated heterocycles. The highest BCUT2D eigenvalue weighted by Crippen LogP contribution is 2.33. The van der Waals surface area contributed by atoms with Gasteiger partial charge in [-0.3, -0.25) is 4.79 Å². The molecule has 0 spiro atoms. The average Bonchev–Trinajstić information content (AvgIpc) is 3.24. The van der Waals surface area contributed by atoms with Crippen molar-refractivity contribution in [3.63, 3.8) is 0 Å². The molecule has 2 aliphatic rings. The Bertz CT molecular complexity index is 534. The standard InChI is InChI=1S/C18H25FN2O2.ClH/c19-14-8-6-12(7-9-14)17(16-5-2-10-23-16)21-18(22)15-4-1-3-13(15)11-20;/h6-9,13,15-17H,1-5,10-11,20H2,(H,21,22);1H/t13-,15-,16?,17?;/m1./s1. The number of nitrogens with two attached hydrogens (primary N) is 1. The summed E-state index contributed by atoms with van der Waals surface area (Å²) in [6, 6.07) is 6.11. The minimum absolute atomic E-state index is 0. The van der Waals surface area contributed by atoms with Gasteiger partial charge in [-0.05, 0) is 55.8 Å². The van der Waals surface area contributed by atoms with Crippen LogP contribution in [-0.2, 0) is 9.53 Å². The molecule has 0 aromatic heterocycles. The van der Waals surface area contributed by atoms with Crippen molar-refractivity contribution < 1.29 is 13.9 Å². The zero-order chi connectivity index (χ0) is 16.2. The molecule has 1 aliphatic carbocycles. The summed E-state index contributed by atoms with van der Waals surface area (Å²) in [6.45, 7) is 1.27. The van der Waals surface area contributed by atoms with Crippen LogP contribution in [0.4, 0.5) is 4.39 Å².